The molecule has 3 rings (SSSR count). The van der Waals surface area contributed by atoms with Gasteiger partial charge in [-0.05, 0) is 41.4 Å². The van der Waals surface area contributed by atoms with E-state index in [9.17, 15) is 9.59 Å². The van der Waals surface area contributed by atoms with Crippen molar-refractivity contribution in [3.05, 3.63) is 48.0 Å². The standard InChI is InChI=1S/C17H17N3O2S/c21-15(18-17(23)20-19-16(22)12-8-9-12)10-13-6-3-5-11-4-1-2-7-14(11)13/h1-7,12H,8-10H2,(H,19,22)(H2,18,20,21,23). The molecule has 3 N–H and O–H groups in total. The summed E-state index contributed by atoms with van der Waals surface area (Å²) < 4.78 is 0. The van der Waals surface area contributed by atoms with Gasteiger partial charge in [-0.15, -0.1) is 0 Å². The van der Waals surface area contributed by atoms with Crippen molar-refractivity contribution in [1.29, 1.82) is 0 Å². The second kappa shape index (κ2) is 6.75. The Labute approximate surface area is 139 Å². The number of hydrogen-bond donors (Lipinski definition) is 3. The zero-order valence-corrected chi connectivity index (χ0v) is 13.3. The first kappa shape index (κ1) is 15.4. The third-order valence-corrected chi connectivity index (χ3v) is 3.94. The summed E-state index contributed by atoms with van der Waals surface area (Å²) in [7, 11) is 0. The number of nitrogens with one attached hydrogen (secondary N) is 3. The third-order valence-electron chi connectivity index (χ3n) is 3.73. The van der Waals surface area contributed by atoms with Crippen LogP contribution in [0.3, 0.4) is 0 Å². The Morgan fingerprint density at radius 1 is 1.04 bits per heavy atom. The Hall–Kier alpha value is -2.47. The Morgan fingerprint density at radius 2 is 1.78 bits per heavy atom. The number of rotatable bonds is 3. The molecule has 0 atom stereocenters. The highest BCUT2D eigenvalue weighted by molar-refractivity contribution is 7.80. The lowest BCUT2D eigenvalue weighted by Crippen LogP contribution is -2.49. The molecule has 5 nitrogen and oxygen atoms in total. The molecule has 1 aliphatic carbocycles. The minimum atomic E-state index is -0.223. The smallest absolute Gasteiger partial charge is 0.241 e. The lowest BCUT2D eigenvalue weighted by atomic mass is 10.0. The van der Waals surface area contributed by atoms with Gasteiger partial charge < -0.3 is 5.32 Å². The molecule has 2 amide bonds. The van der Waals surface area contributed by atoms with Gasteiger partial charge >= 0.3 is 0 Å². The van der Waals surface area contributed by atoms with Crippen LogP contribution in [0.4, 0.5) is 0 Å². The average Bonchev–Trinajstić information content (AvgIpc) is 3.38. The van der Waals surface area contributed by atoms with Crippen molar-refractivity contribution < 1.29 is 9.59 Å². The average molecular weight is 327 g/mol. The van der Waals surface area contributed by atoms with Crippen LogP contribution in [0.1, 0.15) is 18.4 Å². The zero-order valence-electron chi connectivity index (χ0n) is 12.5. The molecule has 118 valence electrons. The molecule has 0 aliphatic heterocycles. The van der Waals surface area contributed by atoms with E-state index in [4.69, 9.17) is 12.2 Å². The molecule has 0 heterocycles. The lowest BCUT2D eigenvalue weighted by molar-refractivity contribution is -0.123. The van der Waals surface area contributed by atoms with Crippen LogP contribution in [0.15, 0.2) is 42.5 Å². The van der Waals surface area contributed by atoms with Gasteiger partial charge in [-0.1, -0.05) is 42.5 Å². The maximum atomic E-state index is 12.1. The quantitative estimate of drug-likeness (QED) is 0.594. The van der Waals surface area contributed by atoms with Crippen molar-refractivity contribution in [2.45, 2.75) is 19.3 Å². The van der Waals surface area contributed by atoms with E-state index in [2.05, 4.69) is 16.2 Å². The first-order valence-electron chi connectivity index (χ1n) is 7.50. The molecule has 2 aromatic rings. The maximum Gasteiger partial charge on any atom is 0.241 e. The number of hydrazine groups is 1. The zero-order chi connectivity index (χ0) is 16.2. The highest BCUT2D eigenvalue weighted by Crippen LogP contribution is 2.28. The molecule has 0 aromatic heterocycles. The van der Waals surface area contributed by atoms with Crippen molar-refractivity contribution in [1.82, 2.24) is 16.2 Å². The molecule has 6 heteroatoms. The summed E-state index contributed by atoms with van der Waals surface area (Å²) in [6.07, 6.45) is 2.04. The predicted molar refractivity (Wildman–Crippen MR) is 92.4 cm³/mol. The second-order valence-corrected chi connectivity index (χ2v) is 5.99. The van der Waals surface area contributed by atoms with Crippen molar-refractivity contribution in [2.24, 2.45) is 5.92 Å². The van der Waals surface area contributed by atoms with Crippen molar-refractivity contribution in [3.63, 3.8) is 0 Å². The van der Waals surface area contributed by atoms with Crippen LogP contribution in [-0.2, 0) is 16.0 Å². The van der Waals surface area contributed by atoms with Gasteiger partial charge in [0.15, 0.2) is 5.11 Å². The third kappa shape index (κ3) is 4.04. The molecule has 23 heavy (non-hydrogen) atoms. The van der Waals surface area contributed by atoms with Gasteiger partial charge in [0.2, 0.25) is 11.8 Å². The first-order chi connectivity index (χ1) is 11.1. The molecule has 0 bridgehead atoms. The number of thiocarbonyl (C=S) groups is 1. The summed E-state index contributed by atoms with van der Waals surface area (Å²) in [6, 6.07) is 13.8. The van der Waals surface area contributed by atoms with Gasteiger partial charge in [-0.3, -0.25) is 20.4 Å². The Bertz CT molecular complexity index is 766. The van der Waals surface area contributed by atoms with Crippen molar-refractivity contribution >= 4 is 39.9 Å². The Morgan fingerprint density at radius 3 is 2.57 bits per heavy atom. The fourth-order valence-electron chi connectivity index (χ4n) is 2.39. The van der Waals surface area contributed by atoms with Crippen molar-refractivity contribution in [3.8, 4) is 0 Å². The van der Waals surface area contributed by atoms with Crippen LogP contribution in [0.5, 0.6) is 0 Å². The molecular formula is C17H17N3O2S. The number of benzene rings is 2. The Balaban J connectivity index is 1.55. The van der Waals surface area contributed by atoms with E-state index in [0.717, 1.165) is 29.2 Å². The fraction of sp³-hybridized carbons (Fsp3) is 0.235. The predicted octanol–water partition coefficient (Wildman–Crippen LogP) is 1.81. The van der Waals surface area contributed by atoms with Crippen LogP contribution in [0.2, 0.25) is 0 Å². The summed E-state index contributed by atoms with van der Waals surface area (Å²) in [5.41, 5.74) is 5.99. The SMILES string of the molecule is O=C(Cc1cccc2ccccc12)NC(=S)NNC(=O)C1CC1. The number of hydrogen-bond acceptors (Lipinski definition) is 3. The molecule has 1 fully saturated rings. The first-order valence-corrected chi connectivity index (χ1v) is 7.90. The molecule has 0 unspecified atom stereocenters. The highest BCUT2D eigenvalue weighted by Gasteiger charge is 2.29. The van der Waals surface area contributed by atoms with E-state index >= 15 is 0 Å². The van der Waals surface area contributed by atoms with Crippen molar-refractivity contribution in [2.75, 3.05) is 0 Å². The summed E-state index contributed by atoms with van der Waals surface area (Å²) in [5.74, 6) is -0.230. The van der Waals surface area contributed by atoms with Crippen LogP contribution < -0.4 is 16.2 Å². The van der Waals surface area contributed by atoms with Gasteiger partial charge in [0.1, 0.15) is 0 Å². The molecule has 0 spiro atoms. The molecular weight excluding hydrogens is 310 g/mol. The largest absolute Gasteiger partial charge is 0.302 e. The molecule has 1 aliphatic rings. The van der Waals surface area contributed by atoms with E-state index in [1.807, 2.05) is 42.5 Å². The minimum absolute atomic E-state index is 0.0803. The topological polar surface area (TPSA) is 70.2 Å². The maximum absolute atomic E-state index is 12.1. The molecule has 2 aromatic carbocycles. The number of fused-ring (bicyclic) bond motifs is 1. The van der Waals surface area contributed by atoms with E-state index in [1.54, 1.807) is 0 Å². The fourth-order valence-corrected chi connectivity index (χ4v) is 2.55. The van der Waals surface area contributed by atoms with Gasteiger partial charge in [-0.25, -0.2) is 0 Å². The normalized spacial score (nSPS) is 13.4. The summed E-state index contributed by atoms with van der Waals surface area (Å²) >= 11 is 5.01. The van der Waals surface area contributed by atoms with Crippen LogP contribution in [0.25, 0.3) is 10.8 Å². The van der Waals surface area contributed by atoms with E-state index in [0.29, 0.717) is 0 Å². The highest BCUT2D eigenvalue weighted by atomic mass is 32.1. The number of carbonyl (C=O) groups excluding carboxylic acids is 2. The van der Waals surface area contributed by atoms with Gasteiger partial charge in [0.05, 0.1) is 6.42 Å². The van der Waals surface area contributed by atoms with E-state index in [1.165, 1.54) is 0 Å². The van der Waals surface area contributed by atoms with E-state index in [-0.39, 0.29) is 29.3 Å². The molecule has 0 saturated heterocycles. The summed E-state index contributed by atoms with van der Waals surface area (Å²) in [4.78, 5) is 23.6. The van der Waals surface area contributed by atoms with Crippen LogP contribution in [0, 0.1) is 5.92 Å². The number of amides is 2. The van der Waals surface area contributed by atoms with Crippen LogP contribution in [-0.4, -0.2) is 16.9 Å². The van der Waals surface area contributed by atoms with Gasteiger partial charge in [-0.2, -0.15) is 0 Å². The van der Waals surface area contributed by atoms with E-state index < -0.39 is 0 Å². The van der Waals surface area contributed by atoms with Gasteiger partial charge in [0, 0.05) is 5.92 Å². The van der Waals surface area contributed by atoms with Gasteiger partial charge in [0.25, 0.3) is 0 Å². The molecule has 0 radical (unpaired) electrons. The lowest BCUT2D eigenvalue weighted by Gasteiger charge is -2.11. The van der Waals surface area contributed by atoms with Crippen LogP contribution >= 0.6 is 12.2 Å². The summed E-state index contributed by atoms with van der Waals surface area (Å²) in [5, 5.41) is 4.82. The minimum Gasteiger partial charge on any atom is -0.302 e. The summed E-state index contributed by atoms with van der Waals surface area (Å²) in [6.45, 7) is 0. The Kier molecular flexibility index (Phi) is 4.52. The second-order valence-electron chi connectivity index (χ2n) is 5.58. The monoisotopic (exact) mass is 327 g/mol. The molecule has 1 saturated carbocycles. The number of carbonyl (C=O) groups is 2.